The van der Waals surface area contributed by atoms with Crippen molar-refractivity contribution in [1.82, 2.24) is 5.01 Å². The Kier molecular flexibility index (Phi) is 4.75. The summed E-state index contributed by atoms with van der Waals surface area (Å²) in [5.74, 6) is 2.24. The van der Waals surface area contributed by atoms with Crippen molar-refractivity contribution >= 4 is 17.3 Å². The normalized spacial score (nSPS) is 19.4. The minimum absolute atomic E-state index is 0.0688. The Bertz CT molecular complexity index is 1130. The lowest BCUT2D eigenvalue weighted by Crippen LogP contribution is -2.33. The van der Waals surface area contributed by atoms with E-state index in [1.807, 2.05) is 65.7 Å². The van der Waals surface area contributed by atoms with Crippen molar-refractivity contribution in [2.75, 3.05) is 14.2 Å². The van der Waals surface area contributed by atoms with E-state index in [4.69, 9.17) is 30.9 Å². The van der Waals surface area contributed by atoms with E-state index in [9.17, 15) is 0 Å². The van der Waals surface area contributed by atoms with E-state index in [0.717, 1.165) is 34.6 Å². The quantitative estimate of drug-likeness (QED) is 0.551. The summed E-state index contributed by atoms with van der Waals surface area (Å²) in [7, 11) is 3.27. The summed E-state index contributed by atoms with van der Waals surface area (Å²) in [6, 6.07) is 21.8. The molecule has 0 aromatic heterocycles. The zero-order chi connectivity index (χ0) is 20.7. The second kappa shape index (κ2) is 7.58. The Morgan fingerprint density at radius 2 is 1.67 bits per heavy atom. The minimum Gasteiger partial charge on any atom is -0.493 e. The number of halogens is 1. The maximum Gasteiger partial charge on any atom is 0.215 e. The van der Waals surface area contributed by atoms with Crippen LogP contribution in [0.1, 0.15) is 35.4 Å². The minimum atomic E-state index is -0.392. The average molecular weight is 421 g/mol. The molecule has 0 saturated heterocycles. The van der Waals surface area contributed by atoms with Crippen LogP contribution in [0.5, 0.6) is 17.2 Å². The zero-order valence-corrected chi connectivity index (χ0v) is 17.5. The second-order valence-corrected chi connectivity index (χ2v) is 7.65. The number of hydrazone groups is 1. The molecule has 0 fully saturated rings. The largest absolute Gasteiger partial charge is 0.493 e. The van der Waals surface area contributed by atoms with Crippen LogP contribution in [0.25, 0.3) is 0 Å². The molecule has 5 nitrogen and oxygen atoms in total. The molecule has 2 aliphatic heterocycles. The molecule has 0 unspecified atom stereocenters. The molecule has 0 bridgehead atoms. The number of fused-ring (bicyclic) bond motifs is 3. The topological polar surface area (TPSA) is 43.3 Å². The predicted molar refractivity (Wildman–Crippen MR) is 117 cm³/mol. The van der Waals surface area contributed by atoms with Crippen molar-refractivity contribution in [2.24, 2.45) is 5.10 Å². The van der Waals surface area contributed by atoms with Gasteiger partial charge in [-0.2, -0.15) is 5.10 Å². The average Bonchev–Trinajstić information content (AvgIpc) is 3.24. The van der Waals surface area contributed by atoms with Crippen LogP contribution in [0.4, 0.5) is 0 Å². The number of methoxy groups -OCH3 is 2. The van der Waals surface area contributed by atoms with Gasteiger partial charge >= 0.3 is 0 Å². The first-order chi connectivity index (χ1) is 14.7. The molecule has 0 spiro atoms. The van der Waals surface area contributed by atoms with E-state index in [2.05, 4.69) is 6.07 Å². The molecule has 0 N–H and O–H groups in total. The summed E-state index contributed by atoms with van der Waals surface area (Å²) in [6.45, 7) is 0. The third-order valence-electron chi connectivity index (χ3n) is 5.59. The molecule has 0 radical (unpaired) electrons. The van der Waals surface area contributed by atoms with Crippen LogP contribution < -0.4 is 14.2 Å². The van der Waals surface area contributed by atoms with Crippen LogP contribution in [0.15, 0.2) is 71.8 Å². The fourth-order valence-electron chi connectivity index (χ4n) is 4.10. The van der Waals surface area contributed by atoms with E-state index in [1.165, 1.54) is 0 Å². The van der Waals surface area contributed by atoms with Gasteiger partial charge < -0.3 is 14.2 Å². The molecule has 152 valence electrons. The molecule has 30 heavy (non-hydrogen) atoms. The van der Waals surface area contributed by atoms with Gasteiger partial charge in [-0.1, -0.05) is 48.0 Å². The summed E-state index contributed by atoms with van der Waals surface area (Å²) >= 11 is 6.52. The zero-order valence-electron chi connectivity index (χ0n) is 16.7. The van der Waals surface area contributed by atoms with E-state index < -0.39 is 6.23 Å². The number of para-hydroxylation sites is 1. The van der Waals surface area contributed by atoms with E-state index in [-0.39, 0.29) is 6.04 Å². The van der Waals surface area contributed by atoms with Crippen LogP contribution >= 0.6 is 11.6 Å². The number of nitrogens with zero attached hydrogens (tertiary/aromatic N) is 2. The molecule has 5 rings (SSSR count). The molecule has 0 aliphatic carbocycles. The molecule has 0 saturated carbocycles. The third kappa shape index (κ3) is 3.06. The Morgan fingerprint density at radius 1 is 0.933 bits per heavy atom. The van der Waals surface area contributed by atoms with Gasteiger partial charge in [0, 0.05) is 28.1 Å². The molecule has 2 atom stereocenters. The highest BCUT2D eigenvalue weighted by molar-refractivity contribution is 6.31. The van der Waals surface area contributed by atoms with Crippen molar-refractivity contribution < 1.29 is 14.2 Å². The van der Waals surface area contributed by atoms with Gasteiger partial charge in [-0.25, -0.2) is 5.01 Å². The number of rotatable bonds is 4. The molecule has 3 aromatic rings. The predicted octanol–water partition coefficient (Wildman–Crippen LogP) is 5.60. The third-order valence-corrected chi connectivity index (χ3v) is 5.93. The fraction of sp³-hybridized carbons (Fsp3) is 0.208. The summed E-state index contributed by atoms with van der Waals surface area (Å²) in [4.78, 5) is 0. The monoisotopic (exact) mass is 420 g/mol. The Balaban J connectivity index is 1.59. The molecule has 2 heterocycles. The van der Waals surface area contributed by atoms with Crippen molar-refractivity contribution in [3.8, 4) is 17.2 Å². The van der Waals surface area contributed by atoms with Gasteiger partial charge in [0.2, 0.25) is 6.23 Å². The Hall–Kier alpha value is -3.18. The van der Waals surface area contributed by atoms with Gasteiger partial charge in [0.05, 0.1) is 26.0 Å². The van der Waals surface area contributed by atoms with Gasteiger partial charge in [-0.15, -0.1) is 0 Å². The maximum atomic E-state index is 6.52. The lowest BCUT2D eigenvalue weighted by molar-refractivity contribution is -0.0189. The van der Waals surface area contributed by atoms with Gasteiger partial charge in [0.25, 0.3) is 0 Å². The number of hydrogen-bond donors (Lipinski definition) is 0. The van der Waals surface area contributed by atoms with Gasteiger partial charge in [-0.3, -0.25) is 0 Å². The molecule has 3 aromatic carbocycles. The Morgan fingerprint density at radius 3 is 2.43 bits per heavy atom. The molecule has 2 aliphatic rings. The van der Waals surface area contributed by atoms with E-state index >= 15 is 0 Å². The van der Waals surface area contributed by atoms with Crippen LogP contribution in [-0.2, 0) is 0 Å². The van der Waals surface area contributed by atoms with Crippen molar-refractivity contribution in [1.29, 1.82) is 0 Å². The lowest BCUT2D eigenvalue weighted by Gasteiger charge is -2.38. The van der Waals surface area contributed by atoms with E-state index in [1.54, 1.807) is 14.2 Å². The SMILES string of the molecule is COc1ccc(C2=NN3[C@H](C2)c2ccccc2O[C@H]3c2ccccc2Cl)cc1OC. The second-order valence-electron chi connectivity index (χ2n) is 7.25. The number of benzene rings is 3. The van der Waals surface area contributed by atoms with Crippen LogP contribution in [-0.4, -0.2) is 24.9 Å². The highest BCUT2D eigenvalue weighted by atomic mass is 35.5. The van der Waals surface area contributed by atoms with E-state index in [0.29, 0.717) is 16.5 Å². The van der Waals surface area contributed by atoms with Crippen molar-refractivity contribution in [3.63, 3.8) is 0 Å². The standard InChI is InChI=1S/C24H21ClN2O3/c1-28-22-12-11-15(13-23(22)29-2)19-14-20-17-8-4-6-10-21(17)30-24(27(20)26-19)16-7-3-5-9-18(16)25/h3-13,20,24H,14H2,1-2H3/t20-,24+/m1/s1. The highest BCUT2D eigenvalue weighted by Crippen LogP contribution is 2.48. The summed E-state index contributed by atoms with van der Waals surface area (Å²) < 4.78 is 17.2. The smallest absolute Gasteiger partial charge is 0.215 e. The maximum absolute atomic E-state index is 6.52. The van der Waals surface area contributed by atoms with Crippen LogP contribution in [0, 0.1) is 0 Å². The van der Waals surface area contributed by atoms with Crippen molar-refractivity contribution in [2.45, 2.75) is 18.7 Å². The first-order valence-electron chi connectivity index (χ1n) is 9.78. The molecular weight excluding hydrogens is 400 g/mol. The van der Waals surface area contributed by atoms with Gasteiger partial charge in [-0.05, 0) is 30.3 Å². The lowest BCUT2D eigenvalue weighted by atomic mass is 9.96. The number of ether oxygens (including phenoxy) is 3. The molecular formula is C24H21ClN2O3. The first kappa shape index (κ1) is 18.8. The molecule has 0 amide bonds. The summed E-state index contributed by atoms with van der Waals surface area (Å²) in [5.41, 5.74) is 3.99. The van der Waals surface area contributed by atoms with Gasteiger partial charge in [0.1, 0.15) is 5.75 Å². The fourth-order valence-corrected chi connectivity index (χ4v) is 4.33. The first-order valence-corrected chi connectivity index (χ1v) is 10.2. The summed E-state index contributed by atoms with van der Waals surface area (Å²) in [6.07, 6.45) is 0.368. The number of hydrogen-bond acceptors (Lipinski definition) is 5. The Labute approximate surface area is 180 Å². The van der Waals surface area contributed by atoms with Crippen molar-refractivity contribution in [3.05, 3.63) is 88.4 Å². The summed E-state index contributed by atoms with van der Waals surface area (Å²) in [5, 5.41) is 7.66. The van der Waals surface area contributed by atoms with Gasteiger partial charge in [0.15, 0.2) is 11.5 Å². The van der Waals surface area contributed by atoms with Crippen LogP contribution in [0.3, 0.4) is 0 Å². The van der Waals surface area contributed by atoms with Crippen LogP contribution in [0.2, 0.25) is 5.02 Å². The molecule has 6 heteroatoms. The highest BCUT2D eigenvalue weighted by Gasteiger charge is 2.41.